The lowest BCUT2D eigenvalue weighted by molar-refractivity contribution is 0.286. The number of hydrogen-bond acceptors (Lipinski definition) is 1. The summed E-state index contributed by atoms with van der Waals surface area (Å²) >= 11 is 0. The van der Waals surface area contributed by atoms with Crippen LogP contribution in [-0.4, -0.2) is 6.61 Å². The molecule has 6 heavy (non-hydrogen) atoms. The topological polar surface area (TPSA) is 9.23 Å². The van der Waals surface area contributed by atoms with Crippen LogP contribution in [0.1, 0.15) is 6.92 Å². The molecule has 0 aromatic heterocycles. The molecule has 0 bridgehead atoms. The summed E-state index contributed by atoms with van der Waals surface area (Å²) in [4.78, 5) is 0. The van der Waals surface area contributed by atoms with Crippen LogP contribution in [0.5, 0.6) is 0 Å². The van der Waals surface area contributed by atoms with E-state index in [0.717, 1.165) is 0 Å². The molecule has 0 amide bonds. The van der Waals surface area contributed by atoms with Crippen molar-refractivity contribution in [3.8, 4) is 0 Å². The Balaban J connectivity index is 2.66. The van der Waals surface area contributed by atoms with Crippen molar-refractivity contribution in [3.05, 3.63) is 19.3 Å². The average Bonchev–Trinajstić information content (AvgIpc) is 1.61. The Morgan fingerprint density at radius 3 is 2.83 bits per heavy atom. The van der Waals surface area contributed by atoms with E-state index in [1.807, 2.05) is 0 Å². The summed E-state index contributed by atoms with van der Waals surface area (Å²) in [6.45, 7) is 5.69. The van der Waals surface area contributed by atoms with Gasteiger partial charge in [-0.15, -0.1) is 0 Å². The molecule has 0 heterocycles. The maximum Gasteiger partial charge on any atom is 0.0874 e. The molecule has 2 radical (unpaired) electrons. The minimum absolute atomic E-state index is 0.487. The van der Waals surface area contributed by atoms with Gasteiger partial charge >= 0.3 is 0 Å². The zero-order valence-corrected chi connectivity index (χ0v) is 3.90. The third kappa shape index (κ3) is 3.54. The van der Waals surface area contributed by atoms with Gasteiger partial charge in [0.1, 0.15) is 0 Å². The van der Waals surface area contributed by atoms with Crippen LogP contribution in [0.4, 0.5) is 0 Å². The molecule has 0 aromatic carbocycles. The Labute approximate surface area is 38.6 Å². The van der Waals surface area contributed by atoms with Crippen molar-refractivity contribution in [2.24, 2.45) is 0 Å². The predicted octanol–water partition coefficient (Wildman–Crippen LogP) is 1.17. The summed E-state index contributed by atoms with van der Waals surface area (Å²) in [5.74, 6) is 0. The molecule has 0 atom stereocenters. The Bertz CT molecular complexity index is 39.2. The van der Waals surface area contributed by atoms with Crippen LogP contribution >= 0.6 is 0 Å². The molecule has 0 saturated heterocycles. The van der Waals surface area contributed by atoms with E-state index in [1.165, 1.54) is 6.26 Å². The van der Waals surface area contributed by atoms with Gasteiger partial charge in [-0.25, -0.2) is 0 Å². The standard InChI is InChI=1S/C5H8O/c1-3-5-6-4-2/h5H,2,4H2,1H3. The number of allylic oxidation sites excluding steroid dienone is 1. The average molecular weight is 84.1 g/mol. The molecule has 0 aliphatic heterocycles. The highest BCUT2D eigenvalue weighted by Crippen LogP contribution is 1.70. The SMILES string of the molecule is [CH2]CO/C=[C]/C. The third-order valence-electron chi connectivity index (χ3n) is 0.319. The fourth-order valence-corrected chi connectivity index (χ4v) is 0.142. The normalized spacial score (nSPS) is 9.67. The van der Waals surface area contributed by atoms with E-state index in [9.17, 15) is 0 Å². The smallest absolute Gasteiger partial charge is 0.0874 e. The highest BCUT2D eigenvalue weighted by Gasteiger charge is 1.60. The largest absolute Gasteiger partial charge is 0.501 e. The van der Waals surface area contributed by atoms with E-state index in [0.29, 0.717) is 6.61 Å². The van der Waals surface area contributed by atoms with Gasteiger partial charge in [0, 0.05) is 0 Å². The zero-order valence-electron chi connectivity index (χ0n) is 3.90. The van der Waals surface area contributed by atoms with E-state index < -0.39 is 0 Å². The Morgan fingerprint density at radius 1 is 2.00 bits per heavy atom. The van der Waals surface area contributed by atoms with Gasteiger partial charge in [0.25, 0.3) is 0 Å². The quantitative estimate of drug-likeness (QED) is 0.456. The van der Waals surface area contributed by atoms with Crippen molar-refractivity contribution in [2.45, 2.75) is 6.92 Å². The summed E-state index contributed by atoms with van der Waals surface area (Å²) in [6, 6.07) is 0. The fraction of sp³-hybridized carbons (Fsp3) is 0.400. The molecular formula is C5H8O. The lowest BCUT2D eigenvalue weighted by atomic mass is 10.7. The number of ether oxygens (including phenoxy) is 1. The van der Waals surface area contributed by atoms with E-state index in [1.54, 1.807) is 6.92 Å². The summed E-state index contributed by atoms with van der Waals surface area (Å²) in [5, 5.41) is 0. The number of hydrogen-bond donors (Lipinski definition) is 0. The first kappa shape index (κ1) is 5.54. The zero-order chi connectivity index (χ0) is 4.83. The number of rotatable bonds is 2. The lowest BCUT2D eigenvalue weighted by Crippen LogP contribution is -1.74. The van der Waals surface area contributed by atoms with Gasteiger partial charge in [-0.3, -0.25) is 0 Å². The molecular weight excluding hydrogens is 76.1 g/mol. The molecule has 0 N–H and O–H groups in total. The van der Waals surface area contributed by atoms with E-state index in [2.05, 4.69) is 17.7 Å². The summed E-state index contributed by atoms with van der Waals surface area (Å²) < 4.78 is 4.64. The maximum atomic E-state index is 4.64. The molecule has 1 heteroatoms. The second kappa shape index (κ2) is 4.54. The van der Waals surface area contributed by atoms with Crippen LogP contribution in [0.15, 0.2) is 6.26 Å². The van der Waals surface area contributed by atoms with E-state index >= 15 is 0 Å². The Kier molecular flexibility index (Phi) is 4.19. The Hall–Kier alpha value is -0.460. The molecule has 0 fully saturated rings. The van der Waals surface area contributed by atoms with Gasteiger partial charge in [0.2, 0.25) is 0 Å². The van der Waals surface area contributed by atoms with Gasteiger partial charge in [0.05, 0.1) is 12.9 Å². The highest BCUT2D eigenvalue weighted by atomic mass is 16.5. The van der Waals surface area contributed by atoms with Crippen molar-refractivity contribution in [2.75, 3.05) is 6.61 Å². The first-order chi connectivity index (χ1) is 2.91. The first-order valence-electron chi connectivity index (χ1n) is 1.81. The van der Waals surface area contributed by atoms with Gasteiger partial charge in [-0.2, -0.15) is 0 Å². The van der Waals surface area contributed by atoms with Crippen LogP contribution in [0.2, 0.25) is 0 Å². The van der Waals surface area contributed by atoms with Crippen molar-refractivity contribution >= 4 is 0 Å². The van der Waals surface area contributed by atoms with Crippen molar-refractivity contribution in [1.29, 1.82) is 0 Å². The molecule has 0 saturated carbocycles. The van der Waals surface area contributed by atoms with Crippen molar-refractivity contribution < 1.29 is 4.74 Å². The minimum Gasteiger partial charge on any atom is -0.501 e. The molecule has 1 nitrogen and oxygen atoms in total. The van der Waals surface area contributed by atoms with E-state index in [4.69, 9.17) is 0 Å². The minimum atomic E-state index is 0.487. The van der Waals surface area contributed by atoms with Crippen molar-refractivity contribution in [3.63, 3.8) is 0 Å². The maximum absolute atomic E-state index is 4.64. The second-order valence-electron chi connectivity index (χ2n) is 0.777. The molecule has 0 rings (SSSR count). The predicted molar refractivity (Wildman–Crippen MR) is 24.8 cm³/mol. The van der Waals surface area contributed by atoms with E-state index in [-0.39, 0.29) is 0 Å². The summed E-state index contributed by atoms with van der Waals surface area (Å²) in [5.41, 5.74) is 0. The fourth-order valence-electron chi connectivity index (χ4n) is 0.142. The van der Waals surface area contributed by atoms with Crippen LogP contribution in [0.3, 0.4) is 0 Å². The van der Waals surface area contributed by atoms with Gasteiger partial charge in [-0.1, -0.05) is 0 Å². The molecule has 34 valence electrons. The monoisotopic (exact) mass is 84.1 g/mol. The lowest BCUT2D eigenvalue weighted by Gasteiger charge is -1.86. The molecule has 0 aliphatic carbocycles. The molecule has 0 unspecified atom stereocenters. The second-order valence-corrected chi connectivity index (χ2v) is 0.777. The summed E-state index contributed by atoms with van der Waals surface area (Å²) in [6.07, 6.45) is 4.17. The highest BCUT2D eigenvalue weighted by molar-refractivity contribution is 4.54. The van der Waals surface area contributed by atoms with Crippen LogP contribution < -0.4 is 0 Å². The van der Waals surface area contributed by atoms with Crippen LogP contribution in [-0.2, 0) is 4.74 Å². The van der Waals surface area contributed by atoms with Gasteiger partial charge in [-0.05, 0) is 19.9 Å². The molecule has 0 aromatic rings. The third-order valence-corrected chi connectivity index (χ3v) is 0.319. The molecule has 0 aliphatic rings. The van der Waals surface area contributed by atoms with Crippen molar-refractivity contribution in [1.82, 2.24) is 0 Å². The van der Waals surface area contributed by atoms with Gasteiger partial charge in [0.15, 0.2) is 0 Å². The summed E-state index contributed by atoms with van der Waals surface area (Å²) in [7, 11) is 0. The van der Waals surface area contributed by atoms with Gasteiger partial charge < -0.3 is 4.74 Å². The van der Waals surface area contributed by atoms with Crippen LogP contribution in [0.25, 0.3) is 0 Å². The molecule has 0 spiro atoms. The Morgan fingerprint density at radius 2 is 2.67 bits per heavy atom. The first-order valence-corrected chi connectivity index (χ1v) is 1.81. The van der Waals surface area contributed by atoms with Crippen LogP contribution in [0, 0.1) is 13.0 Å².